The van der Waals surface area contributed by atoms with Crippen LogP contribution in [-0.2, 0) is 4.79 Å². The molecule has 0 radical (unpaired) electrons. The fourth-order valence-corrected chi connectivity index (χ4v) is 1.02. The van der Waals surface area contributed by atoms with Gasteiger partial charge in [-0.2, -0.15) is 8.78 Å². The molecule has 14 heavy (non-hydrogen) atoms. The van der Waals surface area contributed by atoms with Crippen molar-refractivity contribution in [2.24, 2.45) is 0 Å². The molecule has 0 unspecified atom stereocenters. The predicted molar refractivity (Wildman–Crippen MR) is 50.2 cm³/mol. The van der Waals surface area contributed by atoms with Crippen molar-refractivity contribution in [2.75, 3.05) is 0 Å². The number of aliphatic carboxylic acids is 1. The summed E-state index contributed by atoms with van der Waals surface area (Å²) in [5, 5.41) is 8.24. The standard InChI is InChI=1S/C10H14F2O2/c1-2-8(10(11)12)6-4-3-5-7-9(13)14/h5,7H,2-4,6H2,1H3,(H,13,14). The fourth-order valence-electron chi connectivity index (χ4n) is 1.02. The predicted octanol–water partition coefficient (Wildman–Crippen LogP) is 3.36. The molecule has 0 amide bonds. The van der Waals surface area contributed by atoms with E-state index in [0.29, 0.717) is 25.7 Å². The fraction of sp³-hybridized carbons (Fsp3) is 0.500. The van der Waals surface area contributed by atoms with Crippen LogP contribution < -0.4 is 0 Å². The van der Waals surface area contributed by atoms with Gasteiger partial charge in [0.25, 0.3) is 6.08 Å². The minimum absolute atomic E-state index is 0.161. The minimum atomic E-state index is -1.60. The number of unbranched alkanes of at least 4 members (excludes halogenated alkanes) is 1. The number of rotatable bonds is 6. The highest BCUT2D eigenvalue weighted by atomic mass is 19.3. The second kappa shape index (κ2) is 7.24. The first-order chi connectivity index (χ1) is 6.57. The molecule has 0 aliphatic heterocycles. The highest BCUT2D eigenvalue weighted by Gasteiger charge is 2.02. The van der Waals surface area contributed by atoms with Crippen LogP contribution in [0, 0.1) is 0 Å². The molecular weight excluding hydrogens is 190 g/mol. The molecule has 0 saturated heterocycles. The molecule has 2 nitrogen and oxygen atoms in total. The summed E-state index contributed by atoms with van der Waals surface area (Å²) in [5.74, 6) is -1.01. The third kappa shape index (κ3) is 6.34. The Morgan fingerprint density at radius 2 is 2.07 bits per heavy atom. The smallest absolute Gasteiger partial charge is 0.327 e. The van der Waals surface area contributed by atoms with Crippen molar-refractivity contribution in [1.82, 2.24) is 0 Å². The highest BCUT2D eigenvalue weighted by Crippen LogP contribution is 2.18. The van der Waals surface area contributed by atoms with E-state index in [1.165, 1.54) is 6.08 Å². The summed E-state index contributed by atoms with van der Waals surface area (Å²) in [6.45, 7) is 1.68. The van der Waals surface area contributed by atoms with E-state index >= 15 is 0 Å². The Hall–Kier alpha value is -1.19. The van der Waals surface area contributed by atoms with Crippen LogP contribution in [0.1, 0.15) is 32.6 Å². The largest absolute Gasteiger partial charge is 0.478 e. The summed E-state index contributed by atoms with van der Waals surface area (Å²) in [4.78, 5) is 10.0. The molecule has 0 bridgehead atoms. The number of halogens is 2. The topological polar surface area (TPSA) is 37.3 Å². The van der Waals surface area contributed by atoms with Crippen molar-refractivity contribution in [1.29, 1.82) is 0 Å². The molecule has 0 fully saturated rings. The molecule has 0 aliphatic carbocycles. The molecular formula is C10H14F2O2. The average molecular weight is 204 g/mol. The van der Waals surface area contributed by atoms with Crippen LogP contribution in [0.25, 0.3) is 0 Å². The number of hydrogen-bond acceptors (Lipinski definition) is 1. The summed E-state index contributed by atoms with van der Waals surface area (Å²) in [7, 11) is 0. The first-order valence-electron chi connectivity index (χ1n) is 4.50. The molecule has 0 aliphatic rings. The van der Waals surface area contributed by atoms with Crippen molar-refractivity contribution < 1.29 is 18.7 Å². The van der Waals surface area contributed by atoms with Crippen molar-refractivity contribution in [2.45, 2.75) is 32.6 Å². The van der Waals surface area contributed by atoms with Crippen molar-refractivity contribution in [3.05, 3.63) is 23.8 Å². The molecule has 0 aromatic heterocycles. The van der Waals surface area contributed by atoms with E-state index in [2.05, 4.69) is 0 Å². The zero-order valence-corrected chi connectivity index (χ0v) is 8.09. The van der Waals surface area contributed by atoms with Crippen LogP contribution in [0.3, 0.4) is 0 Å². The van der Waals surface area contributed by atoms with Crippen LogP contribution >= 0.6 is 0 Å². The maximum absolute atomic E-state index is 12.1. The molecule has 0 heterocycles. The number of carboxylic acid groups (broad SMARTS) is 1. The van der Waals surface area contributed by atoms with E-state index in [1.807, 2.05) is 0 Å². The summed E-state index contributed by atoms with van der Waals surface area (Å²) in [5.41, 5.74) is 0.161. The summed E-state index contributed by atoms with van der Waals surface area (Å²) in [6.07, 6.45) is 2.67. The average Bonchev–Trinajstić information content (AvgIpc) is 2.10. The summed E-state index contributed by atoms with van der Waals surface area (Å²) < 4.78 is 24.2. The molecule has 0 saturated carbocycles. The Morgan fingerprint density at radius 1 is 1.43 bits per heavy atom. The van der Waals surface area contributed by atoms with E-state index < -0.39 is 12.0 Å². The Labute approximate surface area is 81.9 Å². The van der Waals surface area contributed by atoms with Gasteiger partial charge in [0.15, 0.2) is 0 Å². The summed E-state index contributed by atoms with van der Waals surface area (Å²) >= 11 is 0. The minimum Gasteiger partial charge on any atom is -0.478 e. The monoisotopic (exact) mass is 204 g/mol. The van der Waals surface area contributed by atoms with E-state index in [0.717, 1.165) is 6.08 Å². The maximum Gasteiger partial charge on any atom is 0.327 e. The second-order valence-electron chi connectivity index (χ2n) is 2.85. The van der Waals surface area contributed by atoms with Gasteiger partial charge in [-0.25, -0.2) is 4.79 Å². The van der Waals surface area contributed by atoms with Gasteiger partial charge < -0.3 is 5.11 Å². The Kier molecular flexibility index (Phi) is 6.62. The van der Waals surface area contributed by atoms with Crippen LogP contribution in [0.15, 0.2) is 23.8 Å². The van der Waals surface area contributed by atoms with Crippen molar-refractivity contribution in [3.8, 4) is 0 Å². The molecule has 0 rings (SSSR count). The van der Waals surface area contributed by atoms with Gasteiger partial charge in [-0.05, 0) is 31.3 Å². The van der Waals surface area contributed by atoms with Gasteiger partial charge in [0.05, 0.1) is 0 Å². The zero-order chi connectivity index (χ0) is 11.0. The first-order valence-corrected chi connectivity index (χ1v) is 4.50. The lowest BCUT2D eigenvalue weighted by molar-refractivity contribution is -0.131. The van der Waals surface area contributed by atoms with E-state index in [1.54, 1.807) is 6.92 Å². The quantitative estimate of drug-likeness (QED) is 0.532. The number of allylic oxidation sites excluding steroid dienone is 2. The van der Waals surface area contributed by atoms with Gasteiger partial charge >= 0.3 is 5.97 Å². The molecule has 4 heteroatoms. The van der Waals surface area contributed by atoms with Gasteiger partial charge in [-0.1, -0.05) is 13.0 Å². The lowest BCUT2D eigenvalue weighted by atomic mass is 10.1. The molecule has 0 spiro atoms. The number of carbonyl (C=O) groups is 1. The van der Waals surface area contributed by atoms with Gasteiger partial charge in [-0.15, -0.1) is 0 Å². The number of hydrogen-bond donors (Lipinski definition) is 1. The van der Waals surface area contributed by atoms with Gasteiger partial charge in [-0.3, -0.25) is 0 Å². The highest BCUT2D eigenvalue weighted by molar-refractivity contribution is 5.79. The molecule has 1 N–H and O–H groups in total. The van der Waals surface area contributed by atoms with Crippen LogP contribution in [0.4, 0.5) is 8.78 Å². The summed E-state index contributed by atoms with van der Waals surface area (Å²) in [6, 6.07) is 0. The van der Waals surface area contributed by atoms with E-state index in [9.17, 15) is 13.6 Å². The van der Waals surface area contributed by atoms with Gasteiger partial charge in [0.2, 0.25) is 0 Å². The lowest BCUT2D eigenvalue weighted by Gasteiger charge is -2.00. The van der Waals surface area contributed by atoms with Crippen LogP contribution in [-0.4, -0.2) is 11.1 Å². The Morgan fingerprint density at radius 3 is 2.50 bits per heavy atom. The third-order valence-electron chi connectivity index (χ3n) is 1.80. The van der Waals surface area contributed by atoms with Gasteiger partial charge in [0.1, 0.15) is 0 Å². The number of carboxylic acids is 1. The van der Waals surface area contributed by atoms with Gasteiger partial charge in [0, 0.05) is 6.08 Å². The van der Waals surface area contributed by atoms with E-state index in [4.69, 9.17) is 5.11 Å². The van der Waals surface area contributed by atoms with Crippen LogP contribution in [0.5, 0.6) is 0 Å². The van der Waals surface area contributed by atoms with E-state index in [-0.39, 0.29) is 5.57 Å². The Bertz CT molecular complexity index is 241. The SMILES string of the molecule is CCC(CCCC=CC(=O)O)=C(F)F. The molecule has 0 aromatic rings. The van der Waals surface area contributed by atoms with Crippen molar-refractivity contribution in [3.63, 3.8) is 0 Å². The van der Waals surface area contributed by atoms with Crippen molar-refractivity contribution >= 4 is 5.97 Å². The molecule has 80 valence electrons. The maximum atomic E-state index is 12.1. The Balaban J connectivity index is 3.74. The first kappa shape index (κ1) is 12.8. The third-order valence-corrected chi connectivity index (χ3v) is 1.80. The molecule has 0 aromatic carbocycles. The zero-order valence-electron chi connectivity index (χ0n) is 8.09. The normalized spacial score (nSPS) is 10.5. The van der Waals surface area contributed by atoms with Crippen LogP contribution in [0.2, 0.25) is 0 Å². The lowest BCUT2D eigenvalue weighted by Crippen LogP contribution is -1.87. The second-order valence-corrected chi connectivity index (χ2v) is 2.85. The molecule has 0 atom stereocenters.